The quantitative estimate of drug-likeness (QED) is 0.298. The molecule has 0 aliphatic heterocycles. The van der Waals surface area contributed by atoms with Crippen LogP contribution in [0.5, 0.6) is 0 Å². The summed E-state index contributed by atoms with van der Waals surface area (Å²) in [6.45, 7) is 3.20. The minimum atomic E-state index is 2.35. The van der Waals surface area contributed by atoms with E-state index in [1.165, 1.54) is 0 Å². The Morgan fingerprint density at radius 1 is 1.75 bits per heavy atom. The summed E-state index contributed by atoms with van der Waals surface area (Å²) < 4.78 is 2.38. The van der Waals surface area contributed by atoms with E-state index in [2.05, 4.69) is 32.5 Å². The molecule has 0 atom stereocenters. The SMILES string of the molecule is C=C=[C]=[Mn]. The molecule has 0 heterocycles. The van der Waals surface area contributed by atoms with Crippen LogP contribution in [-0.2, 0) is 15.6 Å². The number of rotatable bonds is 0. The molecule has 4 heavy (non-hydrogen) atoms. The molecular weight excluding hydrogens is 91.0 g/mol. The zero-order chi connectivity index (χ0) is 3.41. The Hall–Kier alpha value is -0.0505. The van der Waals surface area contributed by atoms with E-state index < -0.39 is 0 Å². The summed E-state index contributed by atoms with van der Waals surface area (Å²) >= 11 is 2.82. The van der Waals surface area contributed by atoms with Gasteiger partial charge in [-0.25, -0.2) is 0 Å². The molecule has 0 spiro atoms. The van der Waals surface area contributed by atoms with Gasteiger partial charge in [-0.2, -0.15) is 0 Å². The van der Waals surface area contributed by atoms with Crippen molar-refractivity contribution in [2.24, 2.45) is 0 Å². The van der Waals surface area contributed by atoms with Gasteiger partial charge in [-0.3, -0.25) is 0 Å². The molecule has 21 valence electrons. The Bertz CT molecular complexity index is 53.4. The van der Waals surface area contributed by atoms with Crippen molar-refractivity contribution in [1.29, 1.82) is 0 Å². The van der Waals surface area contributed by atoms with Crippen molar-refractivity contribution in [2.75, 3.05) is 0 Å². The third kappa shape index (κ3) is 1.95. The van der Waals surface area contributed by atoms with Crippen LogP contribution in [0.4, 0.5) is 0 Å². The molecular formula is C3H2Mn. The third-order valence-electron chi connectivity index (χ3n) is 0.0668. The van der Waals surface area contributed by atoms with Gasteiger partial charge in [0.1, 0.15) is 0 Å². The van der Waals surface area contributed by atoms with Crippen LogP contribution in [0.1, 0.15) is 0 Å². The topological polar surface area (TPSA) is 0 Å². The van der Waals surface area contributed by atoms with Crippen molar-refractivity contribution in [3.8, 4) is 0 Å². The van der Waals surface area contributed by atoms with Gasteiger partial charge in [0.25, 0.3) is 0 Å². The summed E-state index contributed by atoms with van der Waals surface area (Å²) in [7, 11) is 0. The number of hydrogen-bond donors (Lipinski definition) is 0. The van der Waals surface area contributed by atoms with E-state index in [-0.39, 0.29) is 0 Å². The van der Waals surface area contributed by atoms with Crippen LogP contribution >= 0.6 is 0 Å². The van der Waals surface area contributed by atoms with Crippen LogP contribution in [0.3, 0.4) is 0 Å². The van der Waals surface area contributed by atoms with Gasteiger partial charge < -0.3 is 0 Å². The van der Waals surface area contributed by atoms with Crippen molar-refractivity contribution in [3.63, 3.8) is 0 Å². The van der Waals surface area contributed by atoms with E-state index >= 15 is 0 Å². The fraction of sp³-hybridized carbons (Fsp3) is 0. The maximum atomic E-state index is 3.20. The van der Waals surface area contributed by atoms with Crippen molar-refractivity contribution >= 4 is 4.58 Å². The Labute approximate surface area is 33.2 Å². The summed E-state index contributed by atoms with van der Waals surface area (Å²) in [5.41, 5.74) is 2.35. The fourth-order valence-corrected chi connectivity index (χ4v) is 0. The van der Waals surface area contributed by atoms with E-state index in [4.69, 9.17) is 0 Å². The van der Waals surface area contributed by atoms with Gasteiger partial charge in [0.15, 0.2) is 0 Å². The summed E-state index contributed by atoms with van der Waals surface area (Å²) in [4.78, 5) is 0. The molecule has 0 saturated carbocycles. The number of hydrogen-bond acceptors (Lipinski definition) is 0. The zero-order valence-corrected chi connectivity index (χ0v) is 3.27. The zero-order valence-electron chi connectivity index (χ0n) is 2.09. The molecule has 0 nitrogen and oxygen atoms in total. The average Bonchev–Trinajstić information content (AvgIpc) is 1.37. The van der Waals surface area contributed by atoms with E-state index in [1.807, 2.05) is 0 Å². The predicted octanol–water partition coefficient (Wildman–Crippen LogP) is 0.275. The second kappa shape index (κ2) is 2.95. The molecule has 0 rings (SSSR count). The van der Waals surface area contributed by atoms with Crippen LogP contribution < -0.4 is 0 Å². The Morgan fingerprint density at radius 3 is 2.00 bits per heavy atom. The minimum absolute atomic E-state index is 2.35. The molecule has 0 amide bonds. The van der Waals surface area contributed by atoms with Gasteiger partial charge >= 0.3 is 32.5 Å². The van der Waals surface area contributed by atoms with Crippen LogP contribution in [0.2, 0.25) is 0 Å². The monoisotopic (exact) mass is 93.0 g/mol. The molecule has 0 aliphatic carbocycles. The van der Waals surface area contributed by atoms with E-state index in [9.17, 15) is 0 Å². The van der Waals surface area contributed by atoms with Crippen LogP contribution in [0.25, 0.3) is 0 Å². The van der Waals surface area contributed by atoms with E-state index in [0.717, 1.165) is 0 Å². The first-order valence-electron chi connectivity index (χ1n) is 0.793. The molecule has 0 bridgehead atoms. The van der Waals surface area contributed by atoms with Crippen LogP contribution in [0, 0.1) is 0 Å². The van der Waals surface area contributed by atoms with Gasteiger partial charge in [0.05, 0.1) is 0 Å². The van der Waals surface area contributed by atoms with E-state index in [0.29, 0.717) is 0 Å². The predicted molar refractivity (Wildman–Crippen MR) is 14.1 cm³/mol. The molecule has 0 radical (unpaired) electrons. The molecule has 0 aliphatic rings. The van der Waals surface area contributed by atoms with Crippen molar-refractivity contribution < 1.29 is 15.6 Å². The first-order chi connectivity index (χ1) is 1.91. The molecule has 1 heteroatoms. The maximum absolute atomic E-state index is 3.20. The van der Waals surface area contributed by atoms with E-state index in [1.54, 1.807) is 0 Å². The summed E-state index contributed by atoms with van der Waals surface area (Å²) in [6.07, 6.45) is 0. The molecule has 0 unspecified atom stereocenters. The normalized spacial score (nSPS) is 3.00. The van der Waals surface area contributed by atoms with Crippen LogP contribution in [0.15, 0.2) is 12.3 Å². The molecule has 0 N–H and O–H groups in total. The van der Waals surface area contributed by atoms with Gasteiger partial charge in [-0.1, -0.05) is 0 Å². The second-order valence-electron chi connectivity index (χ2n) is 0.271. The summed E-state index contributed by atoms with van der Waals surface area (Å²) in [5, 5.41) is 0. The first-order valence-corrected chi connectivity index (χ1v) is 1.38. The van der Waals surface area contributed by atoms with Gasteiger partial charge in [0, 0.05) is 0 Å². The second-order valence-corrected chi connectivity index (χ2v) is 0.566. The molecule has 0 saturated heterocycles. The van der Waals surface area contributed by atoms with Gasteiger partial charge in [-0.15, -0.1) is 0 Å². The Balaban J connectivity index is 3.95. The standard InChI is InChI=1S/C3H2.Mn/c1-3-2;/h1H2;. The van der Waals surface area contributed by atoms with Crippen molar-refractivity contribution in [3.05, 3.63) is 12.3 Å². The fourth-order valence-electron chi connectivity index (χ4n) is 0. The van der Waals surface area contributed by atoms with Crippen molar-refractivity contribution in [1.82, 2.24) is 0 Å². The average molecular weight is 93.0 g/mol. The molecule has 0 fully saturated rings. The molecule has 0 aromatic rings. The summed E-state index contributed by atoms with van der Waals surface area (Å²) in [6, 6.07) is 0. The Morgan fingerprint density at radius 2 is 2.00 bits per heavy atom. The van der Waals surface area contributed by atoms with Gasteiger partial charge in [-0.05, 0) is 0 Å². The summed E-state index contributed by atoms with van der Waals surface area (Å²) in [5.74, 6) is 0. The third-order valence-corrected chi connectivity index (χ3v) is 0.275. The molecule has 0 aromatic heterocycles. The van der Waals surface area contributed by atoms with Crippen molar-refractivity contribution in [2.45, 2.75) is 0 Å². The van der Waals surface area contributed by atoms with Crippen LogP contribution in [-0.4, -0.2) is 4.58 Å². The molecule has 0 aromatic carbocycles. The first kappa shape index (κ1) is 3.95. The Kier molecular flexibility index (Phi) is 2.91. The van der Waals surface area contributed by atoms with Gasteiger partial charge in [0.2, 0.25) is 0 Å².